The summed E-state index contributed by atoms with van der Waals surface area (Å²) in [4.78, 5) is 3.28. The van der Waals surface area contributed by atoms with Crippen LogP contribution in [0.15, 0.2) is 51.9 Å². The monoisotopic (exact) mass is 352 g/mol. The standard InChI is InChI=1S/C15H10F2N2O4S/c1-9-18-15(19-22-9)10-2-5-12(6-3-10)23-24(20,21)14-7-4-11(16)8-13(14)17/h2-8H,1H3. The second-order valence-corrected chi connectivity index (χ2v) is 6.29. The summed E-state index contributed by atoms with van der Waals surface area (Å²) >= 11 is 0. The van der Waals surface area contributed by atoms with Crippen molar-refractivity contribution >= 4 is 10.1 Å². The van der Waals surface area contributed by atoms with Crippen molar-refractivity contribution in [3.05, 3.63) is 60.0 Å². The highest BCUT2D eigenvalue weighted by atomic mass is 32.2. The summed E-state index contributed by atoms with van der Waals surface area (Å²) in [5, 5.41) is 3.73. The van der Waals surface area contributed by atoms with Crippen molar-refractivity contribution < 1.29 is 25.9 Å². The average Bonchev–Trinajstić information content (AvgIpc) is 2.93. The van der Waals surface area contributed by atoms with Gasteiger partial charge in [0.25, 0.3) is 0 Å². The van der Waals surface area contributed by atoms with Crippen molar-refractivity contribution in [2.75, 3.05) is 0 Å². The van der Waals surface area contributed by atoms with Gasteiger partial charge in [0, 0.05) is 18.6 Å². The molecule has 0 saturated heterocycles. The zero-order valence-electron chi connectivity index (χ0n) is 12.2. The molecule has 3 aromatic rings. The fraction of sp³-hybridized carbons (Fsp3) is 0.0667. The van der Waals surface area contributed by atoms with Crippen LogP contribution in [-0.4, -0.2) is 18.6 Å². The van der Waals surface area contributed by atoms with Gasteiger partial charge >= 0.3 is 10.1 Å². The predicted molar refractivity (Wildman–Crippen MR) is 78.6 cm³/mol. The third-order valence-electron chi connectivity index (χ3n) is 3.01. The number of nitrogens with zero attached hydrogens (tertiary/aromatic N) is 2. The molecule has 24 heavy (non-hydrogen) atoms. The Bertz CT molecular complexity index is 985. The van der Waals surface area contributed by atoms with E-state index in [0.717, 1.165) is 12.1 Å². The maximum absolute atomic E-state index is 13.6. The smallest absolute Gasteiger partial charge is 0.342 e. The van der Waals surface area contributed by atoms with Crippen LogP contribution < -0.4 is 4.18 Å². The number of benzene rings is 2. The highest BCUT2D eigenvalue weighted by molar-refractivity contribution is 7.87. The van der Waals surface area contributed by atoms with E-state index in [0.29, 0.717) is 23.3 Å². The van der Waals surface area contributed by atoms with Crippen LogP contribution in [0.5, 0.6) is 5.75 Å². The molecule has 3 rings (SSSR count). The first kappa shape index (κ1) is 16.1. The number of rotatable bonds is 4. The molecule has 0 N–H and O–H groups in total. The zero-order valence-corrected chi connectivity index (χ0v) is 13.0. The van der Waals surface area contributed by atoms with Crippen LogP contribution in [0.4, 0.5) is 8.78 Å². The van der Waals surface area contributed by atoms with Crippen LogP contribution in [0.1, 0.15) is 5.89 Å². The van der Waals surface area contributed by atoms with Gasteiger partial charge in [0.1, 0.15) is 22.3 Å². The average molecular weight is 352 g/mol. The van der Waals surface area contributed by atoms with Crippen LogP contribution in [0.3, 0.4) is 0 Å². The van der Waals surface area contributed by atoms with Crippen LogP contribution in [0, 0.1) is 18.6 Å². The molecule has 2 aromatic carbocycles. The van der Waals surface area contributed by atoms with Crippen LogP contribution >= 0.6 is 0 Å². The van der Waals surface area contributed by atoms with Gasteiger partial charge in [-0.2, -0.15) is 13.4 Å². The summed E-state index contributed by atoms with van der Waals surface area (Å²) in [5.74, 6) is -1.42. The lowest BCUT2D eigenvalue weighted by molar-refractivity contribution is 0.394. The minimum Gasteiger partial charge on any atom is -0.379 e. The SMILES string of the molecule is Cc1nc(-c2ccc(OS(=O)(=O)c3ccc(F)cc3F)cc2)no1. The Morgan fingerprint density at radius 3 is 2.38 bits per heavy atom. The van der Waals surface area contributed by atoms with E-state index in [2.05, 4.69) is 10.1 Å². The van der Waals surface area contributed by atoms with E-state index >= 15 is 0 Å². The Kier molecular flexibility index (Phi) is 4.02. The van der Waals surface area contributed by atoms with Crippen molar-refractivity contribution in [1.82, 2.24) is 10.1 Å². The number of aryl methyl sites for hydroxylation is 1. The van der Waals surface area contributed by atoms with Gasteiger partial charge in [-0.3, -0.25) is 0 Å². The molecule has 0 unspecified atom stereocenters. The molecular weight excluding hydrogens is 342 g/mol. The van der Waals surface area contributed by atoms with Gasteiger partial charge in [0.15, 0.2) is 0 Å². The van der Waals surface area contributed by atoms with Gasteiger partial charge < -0.3 is 8.71 Å². The molecule has 0 atom stereocenters. The minimum atomic E-state index is -4.43. The summed E-state index contributed by atoms with van der Waals surface area (Å²) in [6.45, 7) is 1.64. The molecule has 0 aliphatic rings. The summed E-state index contributed by atoms with van der Waals surface area (Å²) in [7, 11) is -4.43. The van der Waals surface area contributed by atoms with E-state index < -0.39 is 26.6 Å². The predicted octanol–water partition coefficient (Wildman–Crippen LogP) is 3.09. The molecule has 1 heterocycles. The quantitative estimate of drug-likeness (QED) is 0.671. The molecule has 124 valence electrons. The third-order valence-corrected chi connectivity index (χ3v) is 4.29. The Hall–Kier alpha value is -2.81. The lowest BCUT2D eigenvalue weighted by Crippen LogP contribution is -2.11. The van der Waals surface area contributed by atoms with Crippen LogP contribution in [0.2, 0.25) is 0 Å². The van der Waals surface area contributed by atoms with Gasteiger partial charge in [0.05, 0.1) is 0 Å². The first-order valence-corrected chi connectivity index (χ1v) is 8.06. The molecule has 1 aromatic heterocycles. The Morgan fingerprint density at radius 1 is 1.08 bits per heavy atom. The molecule has 9 heteroatoms. The van der Waals surface area contributed by atoms with Crippen molar-refractivity contribution in [1.29, 1.82) is 0 Å². The normalized spacial score (nSPS) is 11.5. The molecule has 0 radical (unpaired) electrons. The van der Waals surface area contributed by atoms with E-state index in [1.165, 1.54) is 24.3 Å². The van der Waals surface area contributed by atoms with Crippen molar-refractivity contribution in [2.45, 2.75) is 11.8 Å². The first-order chi connectivity index (χ1) is 11.3. The van der Waals surface area contributed by atoms with E-state index in [4.69, 9.17) is 8.71 Å². The highest BCUT2D eigenvalue weighted by Crippen LogP contribution is 2.24. The molecule has 0 aliphatic heterocycles. The van der Waals surface area contributed by atoms with Crippen LogP contribution in [-0.2, 0) is 10.1 Å². The topological polar surface area (TPSA) is 82.3 Å². The van der Waals surface area contributed by atoms with Gasteiger partial charge in [-0.25, -0.2) is 8.78 Å². The molecule has 0 bridgehead atoms. The zero-order chi connectivity index (χ0) is 17.3. The van der Waals surface area contributed by atoms with E-state index in [1.54, 1.807) is 6.92 Å². The van der Waals surface area contributed by atoms with E-state index in [1.807, 2.05) is 0 Å². The maximum atomic E-state index is 13.6. The molecule has 6 nitrogen and oxygen atoms in total. The number of halogens is 2. The lowest BCUT2D eigenvalue weighted by atomic mass is 10.2. The Labute approximate surface area is 135 Å². The molecule has 0 spiro atoms. The minimum absolute atomic E-state index is 0.0392. The van der Waals surface area contributed by atoms with Crippen LogP contribution in [0.25, 0.3) is 11.4 Å². The fourth-order valence-electron chi connectivity index (χ4n) is 1.93. The largest absolute Gasteiger partial charge is 0.379 e. The Balaban J connectivity index is 1.85. The van der Waals surface area contributed by atoms with Crippen molar-refractivity contribution in [2.24, 2.45) is 0 Å². The molecule has 0 fully saturated rings. The molecular formula is C15H10F2N2O4S. The number of aromatic nitrogens is 2. The van der Waals surface area contributed by atoms with Gasteiger partial charge in [-0.1, -0.05) is 5.16 Å². The summed E-state index contributed by atoms with van der Waals surface area (Å²) in [5.41, 5.74) is 0.588. The van der Waals surface area contributed by atoms with E-state index in [9.17, 15) is 17.2 Å². The van der Waals surface area contributed by atoms with E-state index in [-0.39, 0.29) is 5.75 Å². The molecule has 0 saturated carbocycles. The summed E-state index contributed by atoms with van der Waals surface area (Å²) in [6, 6.07) is 7.88. The second kappa shape index (κ2) is 6.00. The third kappa shape index (κ3) is 3.25. The van der Waals surface area contributed by atoms with Gasteiger partial charge in [-0.05, 0) is 36.4 Å². The van der Waals surface area contributed by atoms with Crippen molar-refractivity contribution in [3.8, 4) is 17.1 Å². The summed E-state index contributed by atoms with van der Waals surface area (Å²) in [6.07, 6.45) is 0. The van der Waals surface area contributed by atoms with Gasteiger partial charge in [-0.15, -0.1) is 0 Å². The lowest BCUT2D eigenvalue weighted by Gasteiger charge is -2.08. The molecule has 0 aliphatic carbocycles. The number of hydrogen-bond acceptors (Lipinski definition) is 6. The first-order valence-electron chi connectivity index (χ1n) is 6.65. The Morgan fingerprint density at radius 2 is 1.79 bits per heavy atom. The summed E-state index contributed by atoms with van der Waals surface area (Å²) < 4.78 is 60.3. The fourth-order valence-corrected chi connectivity index (χ4v) is 2.91. The second-order valence-electron chi connectivity index (χ2n) is 4.77. The van der Waals surface area contributed by atoms with Gasteiger partial charge in [0.2, 0.25) is 11.7 Å². The maximum Gasteiger partial charge on any atom is 0.342 e. The molecule has 0 amide bonds. The number of hydrogen-bond donors (Lipinski definition) is 0. The highest BCUT2D eigenvalue weighted by Gasteiger charge is 2.22. The van der Waals surface area contributed by atoms with Crippen molar-refractivity contribution in [3.63, 3.8) is 0 Å².